The smallest absolute Gasteiger partial charge is 0.298 e. The molecule has 0 unspecified atom stereocenters. The molecule has 4 rings (SSSR count). The molecule has 26 heavy (non-hydrogen) atoms. The number of hydrogen-bond acceptors (Lipinski definition) is 3. The third-order valence-electron chi connectivity index (χ3n) is 4.20. The van der Waals surface area contributed by atoms with Gasteiger partial charge in [0.1, 0.15) is 11.6 Å². The number of fused-ring (bicyclic) bond motifs is 1. The second-order valence-corrected chi connectivity index (χ2v) is 6.71. The standard InChI is InChI=1S/C20H13BrFNO3/c21-13-5-6-15(16(22)9-13)18-7-8-19(26-18)20(25)23-10-12(11-24)14-3-1-2-4-17(14)23/h1-10,24H,11H2. The Kier molecular flexibility index (Phi) is 4.22. The SMILES string of the molecule is O=C(c1ccc(-c2ccc(Br)cc2F)o1)n1cc(CO)c2ccccc21. The highest BCUT2D eigenvalue weighted by Crippen LogP contribution is 2.28. The summed E-state index contributed by atoms with van der Waals surface area (Å²) in [6, 6.07) is 15.0. The Morgan fingerprint density at radius 2 is 1.96 bits per heavy atom. The van der Waals surface area contributed by atoms with E-state index in [1.54, 1.807) is 30.5 Å². The van der Waals surface area contributed by atoms with Crippen LogP contribution in [-0.2, 0) is 6.61 Å². The third kappa shape index (κ3) is 2.77. The maximum absolute atomic E-state index is 14.1. The lowest BCUT2D eigenvalue weighted by Gasteiger charge is -2.02. The molecule has 0 atom stereocenters. The summed E-state index contributed by atoms with van der Waals surface area (Å²) in [6.07, 6.45) is 1.59. The van der Waals surface area contributed by atoms with Crippen molar-refractivity contribution in [3.05, 3.63) is 82.4 Å². The summed E-state index contributed by atoms with van der Waals surface area (Å²) in [4.78, 5) is 12.9. The summed E-state index contributed by atoms with van der Waals surface area (Å²) in [5.74, 6) is -0.462. The maximum atomic E-state index is 14.1. The maximum Gasteiger partial charge on any atom is 0.298 e. The first-order valence-corrected chi connectivity index (χ1v) is 8.67. The Balaban J connectivity index is 1.76. The molecule has 2 aromatic carbocycles. The van der Waals surface area contributed by atoms with Gasteiger partial charge in [-0.2, -0.15) is 0 Å². The van der Waals surface area contributed by atoms with Gasteiger partial charge in [0, 0.05) is 21.6 Å². The Hall–Kier alpha value is -2.70. The molecular weight excluding hydrogens is 401 g/mol. The number of aliphatic hydroxyl groups excluding tert-OH is 1. The quantitative estimate of drug-likeness (QED) is 0.514. The Bertz CT molecular complexity index is 1130. The van der Waals surface area contributed by atoms with E-state index in [1.807, 2.05) is 18.2 Å². The second kappa shape index (κ2) is 6.55. The van der Waals surface area contributed by atoms with Crippen LogP contribution in [0.1, 0.15) is 16.1 Å². The van der Waals surface area contributed by atoms with Gasteiger partial charge in [-0.15, -0.1) is 0 Å². The van der Waals surface area contributed by atoms with Crippen molar-refractivity contribution in [1.29, 1.82) is 0 Å². The Morgan fingerprint density at radius 1 is 1.15 bits per heavy atom. The van der Waals surface area contributed by atoms with Crippen molar-refractivity contribution in [3.63, 3.8) is 0 Å². The normalized spacial score (nSPS) is 11.2. The second-order valence-electron chi connectivity index (χ2n) is 5.79. The van der Waals surface area contributed by atoms with Crippen LogP contribution in [0.5, 0.6) is 0 Å². The lowest BCUT2D eigenvalue weighted by atomic mass is 10.1. The number of benzene rings is 2. The van der Waals surface area contributed by atoms with Gasteiger partial charge < -0.3 is 9.52 Å². The highest BCUT2D eigenvalue weighted by atomic mass is 79.9. The Morgan fingerprint density at radius 3 is 2.73 bits per heavy atom. The highest BCUT2D eigenvalue weighted by Gasteiger charge is 2.19. The lowest BCUT2D eigenvalue weighted by molar-refractivity contribution is 0.0938. The first kappa shape index (κ1) is 16.8. The molecule has 0 spiro atoms. The molecule has 0 saturated carbocycles. The van der Waals surface area contributed by atoms with Gasteiger partial charge in [-0.3, -0.25) is 9.36 Å². The van der Waals surface area contributed by atoms with E-state index in [-0.39, 0.29) is 29.6 Å². The topological polar surface area (TPSA) is 55.4 Å². The minimum Gasteiger partial charge on any atom is -0.451 e. The van der Waals surface area contributed by atoms with Crippen molar-refractivity contribution in [1.82, 2.24) is 4.57 Å². The fourth-order valence-corrected chi connectivity index (χ4v) is 3.28. The molecule has 0 radical (unpaired) electrons. The Labute approximate surface area is 156 Å². The summed E-state index contributed by atoms with van der Waals surface area (Å²) >= 11 is 3.21. The van der Waals surface area contributed by atoms with Gasteiger partial charge in [-0.05, 0) is 36.4 Å². The number of carbonyl (C=O) groups excluding carboxylic acids is 1. The lowest BCUT2D eigenvalue weighted by Crippen LogP contribution is -2.09. The first-order chi connectivity index (χ1) is 12.6. The van der Waals surface area contributed by atoms with Crippen molar-refractivity contribution in [2.45, 2.75) is 6.61 Å². The van der Waals surface area contributed by atoms with Gasteiger partial charge in [0.05, 0.1) is 17.7 Å². The van der Waals surface area contributed by atoms with E-state index >= 15 is 0 Å². The van der Waals surface area contributed by atoms with Gasteiger partial charge >= 0.3 is 0 Å². The number of halogens is 2. The van der Waals surface area contributed by atoms with E-state index in [1.165, 1.54) is 16.7 Å². The number of hydrogen-bond donors (Lipinski definition) is 1. The summed E-state index contributed by atoms with van der Waals surface area (Å²) in [5.41, 5.74) is 1.61. The summed E-state index contributed by atoms with van der Waals surface area (Å²) in [5, 5.41) is 10.3. The van der Waals surface area contributed by atoms with Gasteiger partial charge in [-0.25, -0.2) is 4.39 Å². The van der Waals surface area contributed by atoms with E-state index in [0.29, 0.717) is 15.6 Å². The molecule has 2 heterocycles. The van der Waals surface area contributed by atoms with Crippen molar-refractivity contribution >= 4 is 32.7 Å². The van der Waals surface area contributed by atoms with Crippen LogP contribution in [0, 0.1) is 5.82 Å². The largest absolute Gasteiger partial charge is 0.451 e. The van der Waals surface area contributed by atoms with Crippen LogP contribution in [-0.4, -0.2) is 15.6 Å². The number of aromatic nitrogens is 1. The molecule has 0 aliphatic rings. The van der Waals surface area contributed by atoms with E-state index in [9.17, 15) is 14.3 Å². The van der Waals surface area contributed by atoms with Crippen LogP contribution in [0.3, 0.4) is 0 Å². The zero-order valence-electron chi connectivity index (χ0n) is 13.4. The summed E-state index contributed by atoms with van der Waals surface area (Å²) < 4.78 is 21.8. The van der Waals surface area contributed by atoms with Gasteiger partial charge in [0.2, 0.25) is 0 Å². The van der Waals surface area contributed by atoms with E-state index in [0.717, 1.165) is 5.39 Å². The van der Waals surface area contributed by atoms with Crippen LogP contribution in [0.15, 0.2) is 69.7 Å². The minimum absolute atomic E-state index is 0.0903. The van der Waals surface area contributed by atoms with E-state index < -0.39 is 5.82 Å². The molecular formula is C20H13BrFNO3. The van der Waals surface area contributed by atoms with Crippen LogP contribution in [0.4, 0.5) is 4.39 Å². The number of rotatable bonds is 3. The van der Waals surface area contributed by atoms with Crippen LogP contribution in [0.2, 0.25) is 0 Å². The average Bonchev–Trinajstić information content (AvgIpc) is 3.26. The monoisotopic (exact) mass is 413 g/mol. The number of furan rings is 1. The zero-order valence-corrected chi connectivity index (χ0v) is 15.0. The number of nitrogens with zero attached hydrogens (tertiary/aromatic N) is 1. The predicted octanol–water partition coefficient (Wildman–Crippen LogP) is 4.98. The van der Waals surface area contributed by atoms with Crippen molar-refractivity contribution < 1.29 is 18.7 Å². The highest BCUT2D eigenvalue weighted by molar-refractivity contribution is 9.10. The van der Waals surface area contributed by atoms with Crippen molar-refractivity contribution in [3.8, 4) is 11.3 Å². The van der Waals surface area contributed by atoms with Crippen molar-refractivity contribution in [2.24, 2.45) is 0 Å². The van der Waals surface area contributed by atoms with E-state index in [2.05, 4.69) is 15.9 Å². The molecule has 0 bridgehead atoms. The molecule has 130 valence electrons. The fraction of sp³-hybridized carbons (Fsp3) is 0.0500. The molecule has 0 amide bonds. The summed E-state index contributed by atoms with van der Waals surface area (Å²) in [6.45, 7) is -0.172. The van der Waals surface area contributed by atoms with Gasteiger partial charge in [0.25, 0.3) is 5.91 Å². The fourth-order valence-electron chi connectivity index (χ4n) is 2.95. The zero-order chi connectivity index (χ0) is 18.3. The first-order valence-electron chi connectivity index (χ1n) is 7.88. The summed E-state index contributed by atoms with van der Waals surface area (Å²) in [7, 11) is 0. The molecule has 0 aliphatic heterocycles. The number of aliphatic hydroxyl groups is 1. The molecule has 4 aromatic rings. The van der Waals surface area contributed by atoms with Crippen molar-refractivity contribution in [2.75, 3.05) is 0 Å². The molecule has 4 nitrogen and oxygen atoms in total. The minimum atomic E-state index is -0.443. The van der Waals surface area contributed by atoms with E-state index in [4.69, 9.17) is 4.42 Å². The number of carbonyl (C=O) groups is 1. The van der Waals surface area contributed by atoms with Gasteiger partial charge in [0.15, 0.2) is 5.76 Å². The third-order valence-corrected chi connectivity index (χ3v) is 4.69. The molecule has 2 aromatic heterocycles. The van der Waals surface area contributed by atoms with Crippen LogP contribution >= 0.6 is 15.9 Å². The van der Waals surface area contributed by atoms with Gasteiger partial charge in [-0.1, -0.05) is 34.1 Å². The molecule has 0 aliphatic carbocycles. The van der Waals surface area contributed by atoms with Crippen LogP contribution < -0.4 is 0 Å². The van der Waals surface area contributed by atoms with Crippen LogP contribution in [0.25, 0.3) is 22.2 Å². The molecule has 0 saturated heterocycles. The molecule has 1 N–H and O–H groups in total. The predicted molar refractivity (Wildman–Crippen MR) is 99.4 cm³/mol. The molecule has 0 fully saturated rings. The molecule has 6 heteroatoms. The average molecular weight is 414 g/mol. The number of para-hydroxylation sites is 1.